The summed E-state index contributed by atoms with van der Waals surface area (Å²) >= 11 is 13.9. The average molecular weight is 692 g/mol. The van der Waals surface area contributed by atoms with E-state index in [1.54, 1.807) is 0 Å². The summed E-state index contributed by atoms with van der Waals surface area (Å²) in [5, 5.41) is 1.60. The highest BCUT2D eigenvalue weighted by Crippen LogP contribution is 2.64. The van der Waals surface area contributed by atoms with Crippen LogP contribution < -0.4 is 0 Å². The van der Waals surface area contributed by atoms with Crippen LogP contribution in [-0.2, 0) is 29.9 Å². The molecule has 248 valence electrons. The Morgan fingerprint density at radius 1 is 0.714 bits per heavy atom. The van der Waals surface area contributed by atoms with Crippen LogP contribution in [0.4, 0.5) is 0 Å². The Hall–Kier alpha value is -4.26. The molecule has 0 bridgehead atoms. The van der Waals surface area contributed by atoms with Gasteiger partial charge in [-0.1, -0.05) is 60.7 Å². The van der Waals surface area contributed by atoms with Gasteiger partial charge in [0, 0.05) is 45.6 Å². The van der Waals surface area contributed by atoms with E-state index in [1.165, 1.54) is 14.2 Å². The van der Waals surface area contributed by atoms with Gasteiger partial charge in [-0.05, 0) is 78.6 Å². The van der Waals surface area contributed by atoms with Crippen molar-refractivity contribution in [3.8, 4) is 0 Å². The molecule has 0 aliphatic heterocycles. The molecular weight excluding hydrogens is 655 g/mol. The van der Waals surface area contributed by atoms with E-state index in [9.17, 15) is 9.59 Å². The molecule has 0 radical (unpaired) electrons. The number of carbonyl (C=O) groups is 2. The lowest BCUT2D eigenvalue weighted by atomic mass is 9.59. The maximum atomic E-state index is 13.0. The lowest BCUT2D eigenvalue weighted by Gasteiger charge is -2.44. The number of rotatable bonds is 8. The van der Waals surface area contributed by atoms with E-state index in [2.05, 4.69) is 48.6 Å². The molecule has 49 heavy (non-hydrogen) atoms. The molecule has 0 saturated heterocycles. The van der Waals surface area contributed by atoms with Crippen molar-refractivity contribution in [3.63, 3.8) is 0 Å². The first-order valence-electron chi connectivity index (χ1n) is 16.8. The number of benzene rings is 2. The number of nitrogens with zero attached hydrogens (tertiary/aromatic N) is 2. The summed E-state index contributed by atoms with van der Waals surface area (Å²) in [4.78, 5) is 36.6. The molecule has 0 saturated carbocycles. The highest BCUT2D eigenvalue weighted by molar-refractivity contribution is 6.23. The Morgan fingerprint density at radius 3 is 1.57 bits per heavy atom. The Balaban J connectivity index is 1.44. The first-order chi connectivity index (χ1) is 23.8. The van der Waals surface area contributed by atoms with Gasteiger partial charge in [0.1, 0.15) is 0 Å². The van der Waals surface area contributed by atoms with Crippen LogP contribution in [0.25, 0.3) is 33.0 Å². The van der Waals surface area contributed by atoms with Crippen molar-refractivity contribution in [1.29, 1.82) is 0 Å². The molecule has 2 heterocycles. The number of hydrogen-bond acceptors (Lipinski definition) is 6. The number of allylic oxidation sites excluding steroid dienone is 8. The van der Waals surface area contributed by atoms with Crippen molar-refractivity contribution in [3.05, 3.63) is 119 Å². The minimum Gasteiger partial charge on any atom is -0.469 e. The van der Waals surface area contributed by atoms with Gasteiger partial charge in [-0.25, -0.2) is 9.97 Å². The van der Waals surface area contributed by atoms with Crippen LogP contribution in [0, 0.1) is 0 Å². The molecule has 2 aromatic heterocycles. The van der Waals surface area contributed by atoms with Crippen LogP contribution in [0.2, 0.25) is 0 Å². The molecule has 6 nitrogen and oxygen atoms in total. The van der Waals surface area contributed by atoms with Crippen molar-refractivity contribution in [1.82, 2.24) is 9.97 Å². The summed E-state index contributed by atoms with van der Waals surface area (Å²) in [6.45, 7) is 0. The fourth-order valence-electron chi connectivity index (χ4n) is 8.75. The summed E-state index contributed by atoms with van der Waals surface area (Å²) in [7, 11) is 2.86. The van der Waals surface area contributed by atoms with E-state index in [0.717, 1.165) is 66.6 Å². The van der Waals surface area contributed by atoms with Crippen LogP contribution in [0.5, 0.6) is 0 Å². The zero-order valence-electron chi connectivity index (χ0n) is 27.5. The number of pyridine rings is 2. The van der Waals surface area contributed by atoms with E-state index >= 15 is 0 Å². The fourth-order valence-corrected chi connectivity index (χ4v) is 9.18. The summed E-state index contributed by atoms with van der Waals surface area (Å²) in [5.74, 6) is -0.570. The van der Waals surface area contributed by atoms with Gasteiger partial charge in [-0.3, -0.25) is 9.59 Å². The van der Waals surface area contributed by atoms with Crippen molar-refractivity contribution < 1.29 is 19.1 Å². The van der Waals surface area contributed by atoms with Crippen molar-refractivity contribution in [2.75, 3.05) is 14.2 Å². The molecule has 0 fully saturated rings. The lowest BCUT2D eigenvalue weighted by Crippen LogP contribution is -2.39. The minimum absolute atomic E-state index is 0.191. The summed E-state index contributed by atoms with van der Waals surface area (Å²) in [6, 6.07) is 20.8. The summed E-state index contributed by atoms with van der Waals surface area (Å²) in [6.07, 6.45) is 11.9. The predicted molar refractivity (Wildman–Crippen MR) is 195 cm³/mol. The zero-order chi connectivity index (χ0) is 33.9. The van der Waals surface area contributed by atoms with E-state index in [1.807, 2.05) is 36.4 Å². The first kappa shape index (κ1) is 32.0. The monoisotopic (exact) mass is 690 g/mol. The Kier molecular flexibility index (Phi) is 8.00. The van der Waals surface area contributed by atoms with E-state index in [0.29, 0.717) is 32.1 Å². The molecule has 4 aliphatic carbocycles. The molecule has 4 aromatic rings. The molecule has 2 aromatic carbocycles. The highest BCUT2D eigenvalue weighted by atomic mass is 35.5. The largest absolute Gasteiger partial charge is 0.469 e. The molecule has 0 amide bonds. The van der Waals surface area contributed by atoms with Crippen LogP contribution in [-0.4, -0.2) is 46.9 Å². The van der Waals surface area contributed by atoms with Gasteiger partial charge < -0.3 is 9.47 Å². The zero-order valence-corrected chi connectivity index (χ0v) is 29.0. The summed E-state index contributed by atoms with van der Waals surface area (Å²) < 4.78 is 10.5. The molecule has 0 N–H and O–H groups in total. The maximum absolute atomic E-state index is 13.0. The number of para-hydroxylation sites is 2. The van der Waals surface area contributed by atoms with Crippen molar-refractivity contribution in [2.24, 2.45) is 0 Å². The standard InChI is InChI=1S/C41H36Cl2N2O4/c1-48-36(46)15-17-40(30-21-26(42)11-13-28(30)38-32(40)19-24-7-3-5-9-34(24)44-38)23-41(18-16-37(47)49-2)31-22-27(43)12-14-29(31)39-33(41)20-25-8-4-6-10-35(25)45-39/h3-10,13-14,19-22,26-27H,11-12,15-18,23H2,1-2H3. The number of aromatic nitrogens is 2. The predicted octanol–water partition coefficient (Wildman–Crippen LogP) is 8.92. The highest BCUT2D eigenvalue weighted by Gasteiger charge is 2.57. The van der Waals surface area contributed by atoms with Gasteiger partial charge in [0.05, 0.1) is 47.4 Å². The molecule has 8 rings (SSSR count). The van der Waals surface area contributed by atoms with Crippen molar-refractivity contribution >= 4 is 68.1 Å². The van der Waals surface area contributed by atoms with E-state index in [4.69, 9.17) is 42.6 Å². The molecule has 4 aliphatic rings. The topological polar surface area (TPSA) is 78.4 Å². The number of alkyl halides is 2. The summed E-state index contributed by atoms with van der Waals surface area (Å²) in [5.41, 5.74) is 8.60. The van der Waals surface area contributed by atoms with Crippen LogP contribution >= 0.6 is 23.2 Å². The smallest absolute Gasteiger partial charge is 0.305 e. The van der Waals surface area contributed by atoms with E-state index in [-0.39, 0.29) is 35.5 Å². The Bertz CT molecular complexity index is 2030. The number of ether oxygens (including phenoxy) is 2. The second kappa shape index (κ2) is 12.3. The average Bonchev–Trinajstić information content (AvgIpc) is 3.52. The van der Waals surface area contributed by atoms with E-state index < -0.39 is 10.8 Å². The Morgan fingerprint density at radius 2 is 1.14 bits per heavy atom. The van der Waals surface area contributed by atoms with Gasteiger partial charge in [-0.2, -0.15) is 0 Å². The number of esters is 2. The molecule has 4 unspecified atom stereocenters. The van der Waals surface area contributed by atoms with Gasteiger partial charge in [0.2, 0.25) is 0 Å². The number of halogens is 2. The number of carbonyl (C=O) groups excluding carboxylic acids is 2. The number of fused-ring (bicyclic) bond motifs is 8. The van der Waals surface area contributed by atoms with Gasteiger partial charge in [0.25, 0.3) is 0 Å². The minimum atomic E-state index is -0.714. The van der Waals surface area contributed by atoms with Crippen LogP contribution in [0.3, 0.4) is 0 Å². The third-order valence-corrected chi connectivity index (χ3v) is 11.6. The van der Waals surface area contributed by atoms with Crippen LogP contribution in [0.1, 0.15) is 67.5 Å². The van der Waals surface area contributed by atoms with Gasteiger partial charge in [-0.15, -0.1) is 23.2 Å². The molecular formula is C41H36Cl2N2O4. The van der Waals surface area contributed by atoms with Gasteiger partial charge >= 0.3 is 11.9 Å². The SMILES string of the molecule is COC(=O)CCC1(CC2(CCC(=O)OC)C3=CC(Cl)CC=C3c3nc4ccccc4cc32)C2=CC(Cl)CC=C2c2nc3ccccc3cc21. The van der Waals surface area contributed by atoms with Gasteiger partial charge in [0.15, 0.2) is 0 Å². The second-order valence-electron chi connectivity index (χ2n) is 13.5. The third kappa shape index (κ3) is 5.14. The normalized spacial score (nSPS) is 25.0. The third-order valence-electron chi connectivity index (χ3n) is 11.0. The number of methoxy groups -OCH3 is 2. The number of hydrogen-bond donors (Lipinski definition) is 0. The fraction of sp³-hybridized carbons (Fsp3) is 0.317. The Labute approximate surface area is 295 Å². The molecule has 4 atom stereocenters. The van der Waals surface area contributed by atoms with Crippen molar-refractivity contribution in [2.45, 2.75) is 66.5 Å². The quantitative estimate of drug-likeness (QED) is 0.136. The first-order valence-corrected chi connectivity index (χ1v) is 17.7. The molecule has 8 heteroatoms. The lowest BCUT2D eigenvalue weighted by molar-refractivity contribution is -0.141. The maximum Gasteiger partial charge on any atom is 0.305 e. The van der Waals surface area contributed by atoms with Crippen LogP contribution in [0.15, 0.2) is 96.1 Å². The molecule has 0 spiro atoms. The second-order valence-corrected chi connectivity index (χ2v) is 14.7.